The summed E-state index contributed by atoms with van der Waals surface area (Å²) in [5.41, 5.74) is 3.76. The summed E-state index contributed by atoms with van der Waals surface area (Å²) in [5.74, 6) is -0.270. The maximum Gasteiger partial charge on any atom is 0.240 e. The topological polar surface area (TPSA) is 104 Å². The van der Waals surface area contributed by atoms with Gasteiger partial charge in [0.1, 0.15) is 0 Å². The van der Waals surface area contributed by atoms with Crippen LogP contribution in [0.15, 0.2) is 47.4 Å². The van der Waals surface area contributed by atoms with E-state index in [0.717, 1.165) is 17.5 Å². The van der Waals surface area contributed by atoms with Crippen LogP contribution in [0.1, 0.15) is 29.5 Å². The van der Waals surface area contributed by atoms with Crippen molar-refractivity contribution in [3.05, 3.63) is 59.2 Å². The van der Waals surface area contributed by atoms with Crippen LogP contribution in [0.4, 0.5) is 5.69 Å². The highest BCUT2D eigenvalue weighted by molar-refractivity contribution is 7.89. The van der Waals surface area contributed by atoms with Crippen molar-refractivity contribution in [2.45, 2.75) is 37.5 Å². The predicted octanol–water partition coefficient (Wildman–Crippen LogP) is 1.91. The Labute approximate surface area is 171 Å². The Hall–Kier alpha value is -2.71. The third kappa shape index (κ3) is 5.88. The maximum atomic E-state index is 12.5. The first-order valence-corrected chi connectivity index (χ1v) is 11.1. The molecule has 0 radical (unpaired) electrons. The number of hydrogen-bond acceptors (Lipinski definition) is 4. The minimum Gasteiger partial charge on any atom is -0.356 e. The lowest BCUT2D eigenvalue weighted by molar-refractivity contribution is -0.121. The van der Waals surface area contributed by atoms with Gasteiger partial charge in [0, 0.05) is 31.6 Å². The molecule has 0 atom stereocenters. The highest BCUT2D eigenvalue weighted by Crippen LogP contribution is 2.25. The first-order valence-electron chi connectivity index (χ1n) is 9.58. The Bertz CT molecular complexity index is 1020. The number of benzene rings is 2. The van der Waals surface area contributed by atoms with Gasteiger partial charge in [0.15, 0.2) is 0 Å². The number of rotatable bonds is 8. The molecule has 0 saturated heterocycles. The molecule has 7 nitrogen and oxygen atoms in total. The standard InChI is InChI=1S/C21H25N3O4S/c1-15-3-2-4-16(13-15)9-11-22-20(25)10-12-23-29(27,28)18-6-7-19-17(14-18)5-8-21(26)24-19/h2-4,6-7,13-14,23H,5,8-12H2,1H3,(H,22,25)(H,24,26). The average Bonchev–Trinajstić information content (AvgIpc) is 2.67. The number of sulfonamides is 1. The molecule has 2 aromatic carbocycles. The Balaban J connectivity index is 1.45. The minimum atomic E-state index is -3.71. The van der Waals surface area contributed by atoms with E-state index in [4.69, 9.17) is 0 Å². The molecule has 2 aromatic rings. The molecule has 3 rings (SSSR count). The number of amides is 2. The van der Waals surface area contributed by atoms with E-state index in [2.05, 4.69) is 21.4 Å². The third-order valence-corrected chi connectivity index (χ3v) is 6.20. The Morgan fingerprint density at radius 3 is 2.72 bits per heavy atom. The van der Waals surface area contributed by atoms with Gasteiger partial charge in [0.05, 0.1) is 4.90 Å². The van der Waals surface area contributed by atoms with Crippen molar-refractivity contribution in [3.63, 3.8) is 0 Å². The quantitative estimate of drug-likeness (QED) is 0.612. The van der Waals surface area contributed by atoms with Crippen LogP contribution in [0.2, 0.25) is 0 Å². The van der Waals surface area contributed by atoms with Gasteiger partial charge in [0.25, 0.3) is 0 Å². The van der Waals surface area contributed by atoms with Gasteiger partial charge in [-0.05, 0) is 49.1 Å². The van der Waals surface area contributed by atoms with Gasteiger partial charge in [-0.25, -0.2) is 13.1 Å². The summed E-state index contributed by atoms with van der Waals surface area (Å²) < 4.78 is 27.4. The zero-order chi connectivity index (χ0) is 20.9. The number of aryl methyl sites for hydroxylation is 2. The zero-order valence-electron chi connectivity index (χ0n) is 16.3. The lowest BCUT2D eigenvalue weighted by Crippen LogP contribution is -2.31. The van der Waals surface area contributed by atoms with Gasteiger partial charge >= 0.3 is 0 Å². The molecule has 0 saturated carbocycles. The van der Waals surface area contributed by atoms with E-state index in [9.17, 15) is 18.0 Å². The number of fused-ring (bicyclic) bond motifs is 1. The van der Waals surface area contributed by atoms with Crippen molar-refractivity contribution in [2.75, 3.05) is 18.4 Å². The molecule has 3 N–H and O–H groups in total. The lowest BCUT2D eigenvalue weighted by Gasteiger charge is -2.17. The number of anilines is 1. The summed E-state index contributed by atoms with van der Waals surface area (Å²) in [6.45, 7) is 2.55. The molecular weight excluding hydrogens is 390 g/mol. The monoisotopic (exact) mass is 415 g/mol. The van der Waals surface area contributed by atoms with E-state index >= 15 is 0 Å². The molecule has 1 heterocycles. The normalized spacial score (nSPS) is 13.5. The second kappa shape index (κ2) is 9.19. The molecule has 29 heavy (non-hydrogen) atoms. The van der Waals surface area contributed by atoms with Crippen molar-refractivity contribution in [1.29, 1.82) is 0 Å². The highest BCUT2D eigenvalue weighted by Gasteiger charge is 2.19. The van der Waals surface area contributed by atoms with Gasteiger partial charge in [-0.3, -0.25) is 9.59 Å². The molecule has 0 aliphatic carbocycles. The first-order chi connectivity index (χ1) is 13.8. The van der Waals surface area contributed by atoms with E-state index in [1.807, 2.05) is 25.1 Å². The van der Waals surface area contributed by atoms with Crippen LogP contribution in [0.25, 0.3) is 0 Å². The predicted molar refractivity (Wildman–Crippen MR) is 111 cm³/mol. The molecule has 0 aromatic heterocycles. The third-order valence-electron chi connectivity index (χ3n) is 4.74. The Kier molecular flexibility index (Phi) is 6.66. The molecule has 0 spiro atoms. The van der Waals surface area contributed by atoms with E-state index in [1.165, 1.54) is 11.6 Å². The van der Waals surface area contributed by atoms with Crippen molar-refractivity contribution >= 4 is 27.5 Å². The minimum absolute atomic E-state index is 0.0203. The summed E-state index contributed by atoms with van der Waals surface area (Å²) in [5, 5.41) is 5.53. The molecule has 0 fully saturated rings. The number of hydrogen-bond donors (Lipinski definition) is 3. The fourth-order valence-corrected chi connectivity index (χ4v) is 4.29. The van der Waals surface area contributed by atoms with Gasteiger partial charge in [-0.1, -0.05) is 29.8 Å². The molecule has 0 unspecified atom stereocenters. The summed E-state index contributed by atoms with van der Waals surface area (Å²) in [7, 11) is -3.71. The molecule has 154 valence electrons. The first kappa shape index (κ1) is 21.0. The number of nitrogens with one attached hydrogen (secondary N) is 3. The van der Waals surface area contributed by atoms with Gasteiger partial charge < -0.3 is 10.6 Å². The molecule has 1 aliphatic heterocycles. The summed E-state index contributed by atoms with van der Waals surface area (Å²) >= 11 is 0. The summed E-state index contributed by atoms with van der Waals surface area (Å²) in [6.07, 6.45) is 1.64. The van der Waals surface area contributed by atoms with Crippen molar-refractivity contribution in [1.82, 2.24) is 10.0 Å². The fraction of sp³-hybridized carbons (Fsp3) is 0.333. The Morgan fingerprint density at radius 1 is 1.10 bits per heavy atom. The molecule has 2 amide bonds. The van der Waals surface area contributed by atoms with E-state index in [1.54, 1.807) is 12.1 Å². The fourth-order valence-electron chi connectivity index (χ4n) is 3.21. The summed E-state index contributed by atoms with van der Waals surface area (Å²) in [4.78, 5) is 23.5. The van der Waals surface area contributed by atoms with E-state index < -0.39 is 10.0 Å². The SMILES string of the molecule is Cc1cccc(CCNC(=O)CCNS(=O)(=O)c2ccc3c(c2)CCC(=O)N3)c1. The van der Waals surface area contributed by atoms with Crippen LogP contribution < -0.4 is 15.4 Å². The van der Waals surface area contributed by atoms with Crippen molar-refractivity contribution in [3.8, 4) is 0 Å². The molecule has 0 bridgehead atoms. The number of carbonyl (C=O) groups excluding carboxylic acids is 2. The van der Waals surface area contributed by atoms with Crippen molar-refractivity contribution in [2.24, 2.45) is 0 Å². The van der Waals surface area contributed by atoms with Crippen LogP contribution in [0.3, 0.4) is 0 Å². The van der Waals surface area contributed by atoms with Crippen LogP contribution >= 0.6 is 0 Å². The smallest absolute Gasteiger partial charge is 0.240 e. The largest absolute Gasteiger partial charge is 0.356 e. The Morgan fingerprint density at radius 2 is 1.93 bits per heavy atom. The summed E-state index contributed by atoms with van der Waals surface area (Å²) in [6, 6.07) is 12.7. The molecule has 1 aliphatic rings. The van der Waals surface area contributed by atoms with Gasteiger partial charge in [0.2, 0.25) is 21.8 Å². The number of carbonyl (C=O) groups is 2. The van der Waals surface area contributed by atoms with Crippen molar-refractivity contribution < 1.29 is 18.0 Å². The molecule has 8 heteroatoms. The second-order valence-electron chi connectivity index (χ2n) is 7.10. The van der Waals surface area contributed by atoms with Crippen LogP contribution in [0.5, 0.6) is 0 Å². The second-order valence-corrected chi connectivity index (χ2v) is 8.87. The highest BCUT2D eigenvalue weighted by atomic mass is 32.2. The van der Waals surface area contributed by atoms with Crippen LogP contribution in [-0.2, 0) is 32.5 Å². The van der Waals surface area contributed by atoms with Crippen LogP contribution in [-0.4, -0.2) is 33.3 Å². The van der Waals surface area contributed by atoms with Crippen LogP contribution in [0, 0.1) is 6.92 Å². The van der Waals surface area contributed by atoms with Gasteiger partial charge in [-0.15, -0.1) is 0 Å². The van der Waals surface area contributed by atoms with Gasteiger partial charge in [-0.2, -0.15) is 0 Å². The molecular formula is C21H25N3O4S. The van der Waals surface area contributed by atoms with E-state index in [-0.39, 0.29) is 29.7 Å². The lowest BCUT2D eigenvalue weighted by atomic mass is 10.0. The van der Waals surface area contributed by atoms with E-state index in [0.29, 0.717) is 25.1 Å². The maximum absolute atomic E-state index is 12.5. The zero-order valence-corrected chi connectivity index (χ0v) is 17.1. The average molecular weight is 416 g/mol.